The standard InChI is InChI=1S/C10H16O6P2/c1-13-17(3,11)15-9-5-7-10(8-6-9)16-18(4,12)14-2/h5-8H,1-4H3. The zero-order valence-electron chi connectivity index (χ0n) is 10.7. The fourth-order valence-electron chi connectivity index (χ4n) is 1.02. The van der Waals surface area contributed by atoms with Gasteiger partial charge in [0.2, 0.25) is 0 Å². The van der Waals surface area contributed by atoms with Gasteiger partial charge in [0.15, 0.2) is 0 Å². The molecule has 0 aliphatic heterocycles. The molecule has 0 N–H and O–H groups in total. The first kappa shape index (κ1) is 15.3. The lowest BCUT2D eigenvalue weighted by Gasteiger charge is -2.14. The van der Waals surface area contributed by atoms with Crippen LogP contribution in [-0.2, 0) is 18.2 Å². The fourth-order valence-corrected chi connectivity index (χ4v) is 2.18. The van der Waals surface area contributed by atoms with E-state index < -0.39 is 15.2 Å². The molecule has 0 heterocycles. The van der Waals surface area contributed by atoms with Gasteiger partial charge in [0.25, 0.3) is 0 Å². The van der Waals surface area contributed by atoms with Gasteiger partial charge in [0.05, 0.1) is 0 Å². The van der Waals surface area contributed by atoms with Crippen LogP contribution < -0.4 is 9.05 Å². The number of benzene rings is 1. The van der Waals surface area contributed by atoms with Gasteiger partial charge in [-0.1, -0.05) is 0 Å². The summed E-state index contributed by atoms with van der Waals surface area (Å²) < 4.78 is 42.8. The quantitative estimate of drug-likeness (QED) is 0.749. The minimum Gasteiger partial charge on any atom is -0.425 e. The van der Waals surface area contributed by atoms with Crippen LogP contribution >= 0.6 is 15.2 Å². The van der Waals surface area contributed by atoms with Crippen molar-refractivity contribution in [2.75, 3.05) is 27.5 Å². The van der Waals surface area contributed by atoms with Gasteiger partial charge >= 0.3 is 15.2 Å². The van der Waals surface area contributed by atoms with Crippen molar-refractivity contribution >= 4 is 15.2 Å². The smallest absolute Gasteiger partial charge is 0.375 e. The molecule has 102 valence electrons. The van der Waals surface area contributed by atoms with E-state index in [2.05, 4.69) is 0 Å². The Bertz CT molecular complexity index is 439. The van der Waals surface area contributed by atoms with Crippen LogP contribution in [0.3, 0.4) is 0 Å². The van der Waals surface area contributed by atoms with E-state index >= 15 is 0 Å². The van der Waals surface area contributed by atoms with Crippen molar-refractivity contribution in [3.8, 4) is 11.5 Å². The molecule has 1 aromatic rings. The summed E-state index contributed by atoms with van der Waals surface area (Å²) >= 11 is 0. The van der Waals surface area contributed by atoms with Gasteiger partial charge in [0, 0.05) is 27.5 Å². The first-order valence-corrected chi connectivity index (χ1v) is 9.02. The second-order valence-corrected chi connectivity index (χ2v) is 7.74. The summed E-state index contributed by atoms with van der Waals surface area (Å²) in [7, 11) is -3.54. The van der Waals surface area contributed by atoms with Crippen molar-refractivity contribution in [2.45, 2.75) is 0 Å². The zero-order valence-corrected chi connectivity index (χ0v) is 12.4. The Morgan fingerprint density at radius 3 is 1.28 bits per heavy atom. The number of hydrogen-bond acceptors (Lipinski definition) is 6. The molecule has 0 bridgehead atoms. The van der Waals surface area contributed by atoms with E-state index in [0.29, 0.717) is 11.5 Å². The van der Waals surface area contributed by atoms with E-state index in [4.69, 9.17) is 18.1 Å². The zero-order chi connectivity index (χ0) is 13.8. The molecule has 0 aliphatic rings. The van der Waals surface area contributed by atoms with Crippen LogP contribution in [0, 0.1) is 0 Å². The van der Waals surface area contributed by atoms with E-state index in [1.54, 1.807) is 24.3 Å². The second kappa shape index (κ2) is 5.89. The Morgan fingerprint density at radius 1 is 0.778 bits per heavy atom. The maximum atomic E-state index is 11.6. The molecule has 0 saturated carbocycles. The molecule has 0 fully saturated rings. The third-order valence-corrected chi connectivity index (χ3v) is 4.44. The molecule has 6 nitrogen and oxygen atoms in total. The Hall–Kier alpha value is -0.800. The molecule has 0 radical (unpaired) electrons. The van der Waals surface area contributed by atoms with Crippen molar-refractivity contribution < 1.29 is 27.2 Å². The molecule has 1 aromatic carbocycles. The summed E-state index contributed by atoms with van der Waals surface area (Å²) in [5.41, 5.74) is 0. The Kier molecular flexibility index (Phi) is 5.00. The van der Waals surface area contributed by atoms with Gasteiger partial charge in [-0.15, -0.1) is 0 Å². The van der Waals surface area contributed by atoms with Crippen LogP contribution in [0.1, 0.15) is 0 Å². The Labute approximate surface area is 106 Å². The van der Waals surface area contributed by atoms with E-state index in [9.17, 15) is 9.13 Å². The van der Waals surface area contributed by atoms with Crippen molar-refractivity contribution in [3.63, 3.8) is 0 Å². The van der Waals surface area contributed by atoms with Crippen molar-refractivity contribution in [1.82, 2.24) is 0 Å². The summed E-state index contributed by atoms with van der Waals surface area (Å²) in [5.74, 6) is 0.747. The van der Waals surface area contributed by atoms with Gasteiger partial charge in [-0.2, -0.15) is 0 Å². The third-order valence-electron chi connectivity index (χ3n) is 2.03. The molecule has 2 unspecified atom stereocenters. The summed E-state index contributed by atoms with van der Waals surface area (Å²) in [4.78, 5) is 0. The molecular formula is C10H16O6P2. The average molecular weight is 294 g/mol. The van der Waals surface area contributed by atoms with E-state index in [0.717, 1.165) is 0 Å². The maximum absolute atomic E-state index is 11.6. The third kappa shape index (κ3) is 4.83. The highest BCUT2D eigenvalue weighted by atomic mass is 31.2. The largest absolute Gasteiger partial charge is 0.425 e. The Morgan fingerprint density at radius 2 is 1.06 bits per heavy atom. The molecule has 8 heteroatoms. The van der Waals surface area contributed by atoms with Crippen LogP contribution in [-0.4, -0.2) is 27.5 Å². The molecule has 18 heavy (non-hydrogen) atoms. The molecule has 0 aromatic heterocycles. The van der Waals surface area contributed by atoms with Crippen LogP contribution in [0.2, 0.25) is 0 Å². The summed E-state index contributed by atoms with van der Waals surface area (Å²) in [6.07, 6.45) is 0. The summed E-state index contributed by atoms with van der Waals surface area (Å²) in [6, 6.07) is 6.17. The van der Waals surface area contributed by atoms with E-state index in [-0.39, 0.29) is 0 Å². The van der Waals surface area contributed by atoms with E-state index in [1.807, 2.05) is 0 Å². The normalized spacial score (nSPS) is 17.6. The van der Waals surface area contributed by atoms with Crippen LogP contribution in [0.15, 0.2) is 24.3 Å². The Balaban J connectivity index is 2.75. The van der Waals surface area contributed by atoms with Gasteiger partial charge in [-0.05, 0) is 24.3 Å². The number of rotatable bonds is 6. The van der Waals surface area contributed by atoms with Crippen molar-refractivity contribution in [1.29, 1.82) is 0 Å². The number of hydrogen-bond donors (Lipinski definition) is 0. The van der Waals surface area contributed by atoms with E-state index in [1.165, 1.54) is 27.5 Å². The van der Waals surface area contributed by atoms with Gasteiger partial charge in [-0.3, -0.25) is 0 Å². The van der Waals surface area contributed by atoms with Crippen LogP contribution in [0.4, 0.5) is 0 Å². The highest BCUT2D eigenvalue weighted by molar-refractivity contribution is 7.53. The predicted molar refractivity (Wildman–Crippen MR) is 68.8 cm³/mol. The highest BCUT2D eigenvalue weighted by Gasteiger charge is 2.18. The summed E-state index contributed by atoms with van der Waals surface area (Å²) in [6.45, 7) is 2.73. The lowest BCUT2D eigenvalue weighted by atomic mass is 10.3. The fraction of sp³-hybridized carbons (Fsp3) is 0.400. The van der Waals surface area contributed by atoms with Gasteiger partial charge in [0.1, 0.15) is 11.5 Å². The van der Waals surface area contributed by atoms with Gasteiger partial charge in [-0.25, -0.2) is 9.13 Å². The highest BCUT2D eigenvalue weighted by Crippen LogP contribution is 2.45. The average Bonchev–Trinajstić information content (AvgIpc) is 2.31. The molecular weight excluding hydrogens is 278 g/mol. The van der Waals surface area contributed by atoms with Crippen molar-refractivity contribution in [3.05, 3.63) is 24.3 Å². The second-order valence-electron chi connectivity index (χ2n) is 3.56. The molecule has 1 rings (SSSR count). The SMILES string of the molecule is COP(C)(=O)Oc1ccc(OP(C)(=O)OC)cc1. The molecule has 2 atom stereocenters. The first-order valence-electron chi connectivity index (χ1n) is 5.04. The van der Waals surface area contributed by atoms with Crippen LogP contribution in [0.5, 0.6) is 11.5 Å². The lowest BCUT2D eigenvalue weighted by molar-refractivity contribution is 0.325. The summed E-state index contributed by atoms with van der Waals surface area (Å²) in [5, 5.41) is 0. The molecule has 0 aliphatic carbocycles. The monoisotopic (exact) mass is 294 g/mol. The lowest BCUT2D eigenvalue weighted by Crippen LogP contribution is -1.94. The van der Waals surface area contributed by atoms with Crippen LogP contribution in [0.25, 0.3) is 0 Å². The maximum Gasteiger partial charge on any atom is 0.375 e. The molecule has 0 saturated heterocycles. The molecule has 0 amide bonds. The minimum atomic E-state index is -3.08. The van der Waals surface area contributed by atoms with Gasteiger partial charge < -0.3 is 18.1 Å². The van der Waals surface area contributed by atoms with Crippen molar-refractivity contribution in [2.24, 2.45) is 0 Å². The topological polar surface area (TPSA) is 71.1 Å². The molecule has 0 spiro atoms. The first-order chi connectivity index (χ1) is 8.28. The predicted octanol–water partition coefficient (Wildman–Crippen LogP) is 3.38. The minimum absolute atomic E-state index is 0.374.